The molecule has 0 aliphatic carbocycles. The van der Waals surface area contributed by atoms with E-state index in [2.05, 4.69) is 23.4 Å². The molecule has 0 amide bonds. The molecule has 0 saturated heterocycles. The second kappa shape index (κ2) is 6.22. The first-order valence-corrected chi connectivity index (χ1v) is 7.01. The van der Waals surface area contributed by atoms with Crippen molar-refractivity contribution in [3.8, 4) is 0 Å². The molecule has 102 valence electrons. The number of rotatable bonds is 5. The Bertz CT molecular complexity index is 548. The van der Waals surface area contributed by atoms with Gasteiger partial charge in [-0.3, -0.25) is 0 Å². The molecule has 4 heteroatoms. The van der Waals surface area contributed by atoms with Gasteiger partial charge in [-0.2, -0.15) is 0 Å². The van der Waals surface area contributed by atoms with Crippen molar-refractivity contribution in [2.75, 3.05) is 0 Å². The van der Waals surface area contributed by atoms with Crippen LogP contribution < -0.4 is 5.73 Å². The van der Waals surface area contributed by atoms with Crippen molar-refractivity contribution in [3.05, 3.63) is 52.6 Å². The molecule has 1 unspecified atom stereocenters. The van der Waals surface area contributed by atoms with Gasteiger partial charge in [-0.05, 0) is 36.6 Å². The zero-order valence-electron chi connectivity index (χ0n) is 11.4. The maximum atomic E-state index is 6.31. The summed E-state index contributed by atoms with van der Waals surface area (Å²) in [4.78, 5) is 4.40. The Morgan fingerprint density at radius 1 is 1.42 bits per heavy atom. The molecule has 2 aromatic rings. The van der Waals surface area contributed by atoms with E-state index < -0.39 is 0 Å². The number of halogens is 1. The molecule has 2 N–H and O–H groups in total. The summed E-state index contributed by atoms with van der Waals surface area (Å²) in [6.45, 7) is 5.20. The predicted octanol–water partition coefficient (Wildman–Crippen LogP) is 3.50. The van der Waals surface area contributed by atoms with E-state index in [4.69, 9.17) is 17.3 Å². The lowest BCUT2D eigenvalue weighted by Gasteiger charge is -2.16. The molecule has 3 nitrogen and oxygen atoms in total. The molecular weight excluding hydrogens is 258 g/mol. The molecule has 0 fully saturated rings. The molecular formula is C15H20ClN3. The molecule has 0 aliphatic heterocycles. The van der Waals surface area contributed by atoms with E-state index in [1.807, 2.05) is 30.6 Å². The Morgan fingerprint density at radius 3 is 2.95 bits per heavy atom. The van der Waals surface area contributed by atoms with Crippen LogP contribution in [0.2, 0.25) is 5.02 Å². The summed E-state index contributed by atoms with van der Waals surface area (Å²) < 4.78 is 2.17. The van der Waals surface area contributed by atoms with Gasteiger partial charge >= 0.3 is 0 Å². The van der Waals surface area contributed by atoms with Crippen LogP contribution in [0.15, 0.2) is 30.6 Å². The molecule has 0 aliphatic rings. The van der Waals surface area contributed by atoms with Gasteiger partial charge in [0.2, 0.25) is 0 Å². The predicted molar refractivity (Wildman–Crippen MR) is 79.3 cm³/mol. The fraction of sp³-hybridized carbons (Fsp3) is 0.400. The van der Waals surface area contributed by atoms with Gasteiger partial charge in [-0.1, -0.05) is 24.6 Å². The molecule has 1 heterocycles. The first-order valence-electron chi connectivity index (χ1n) is 6.63. The van der Waals surface area contributed by atoms with E-state index in [1.165, 1.54) is 5.56 Å². The molecule has 19 heavy (non-hydrogen) atoms. The van der Waals surface area contributed by atoms with Gasteiger partial charge in [0, 0.05) is 36.4 Å². The van der Waals surface area contributed by atoms with Crippen LogP contribution in [0.3, 0.4) is 0 Å². The summed E-state index contributed by atoms with van der Waals surface area (Å²) in [5.41, 5.74) is 8.58. The maximum Gasteiger partial charge on any atom is 0.110 e. The third-order valence-corrected chi connectivity index (χ3v) is 3.54. The second-order valence-electron chi connectivity index (χ2n) is 4.85. The van der Waals surface area contributed by atoms with E-state index in [0.29, 0.717) is 0 Å². The number of imidazole rings is 1. The highest BCUT2D eigenvalue weighted by molar-refractivity contribution is 6.30. The molecule has 0 bridgehead atoms. The fourth-order valence-electron chi connectivity index (χ4n) is 2.29. The van der Waals surface area contributed by atoms with E-state index in [9.17, 15) is 0 Å². The van der Waals surface area contributed by atoms with Gasteiger partial charge in [-0.25, -0.2) is 4.98 Å². The summed E-state index contributed by atoms with van der Waals surface area (Å²) in [5.74, 6) is 1.04. The van der Waals surface area contributed by atoms with Gasteiger partial charge in [0.25, 0.3) is 0 Å². The lowest BCUT2D eigenvalue weighted by atomic mass is 9.99. The molecule has 1 aromatic heterocycles. The Balaban J connectivity index is 2.18. The summed E-state index contributed by atoms with van der Waals surface area (Å²) in [7, 11) is 0. The lowest BCUT2D eigenvalue weighted by molar-refractivity contribution is 0.597. The topological polar surface area (TPSA) is 43.8 Å². The second-order valence-corrected chi connectivity index (χ2v) is 5.28. The highest BCUT2D eigenvalue weighted by Gasteiger charge is 2.13. The van der Waals surface area contributed by atoms with Crippen molar-refractivity contribution in [2.24, 2.45) is 5.73 Å². The van der Waals surface area contributed by atoms with Crippen molar-refractivity contribution in [2.45, 2.75) is 39.3 Å². The van der Waals surface area contributed by atoms with Crippen LogP contribution in [0, 0.1) is 6.92 Å². The molecule has 2 rings (SSSR count). The van der Waals surface area contributed by atoms with Gasteiger partial charge in [0.15, 0.2) is 0 Å². The fourth-order valence-corrected chi connectivity index (χ4v) is 2.47. The Kier molecular flexibility index (Phi) is 4.61. The van der Waals surface area contributed by atoms with Gasteiger partial charge < -0.3 is 10.3 Å². The van der Waals surface area contributed by atoms with Crippen LogP contribution in [0.25, 0.3) is 0 Å². The van der Waals surface area contributed by atoms with Gasteiger partial charge in [0.1, 0.15) is 5.82 Å². The average molecular weight is 278 g/mol. The number of nitrogens with zero attached hydrogens (tertiary/aromatic N) is 2. The number of aryl methyl sites for hydroxylation is 2. The normalized spacial score (nSPS) is 12.6. The van der Waals surface area contributed by atoms with E-state index >= 15 is 0 Å². The Labute approximate surface area is 119 Å². The maximum absolute atomic E-state index is 6.31. The minimum atomic E-state index is -0.0725. The van der Waals surface area contributed by atoms with Crippen LogP contribution in [-0.2, 0) is 13.0 Å². The van der Waals surface area contributed by atoms with Crippen LogP contribution in [0.1, 0.15) is 36.3 Å². The largest absolute Gasteiger partial charge is 0.335 e. The van der Waals surface area contributed by atoms with Crippen molar-refractivity contribution >= 4 is 11.6 Å². The van der Waals surface area contributed by atoms with E-state index in [-0.39, 0.29) is 6.04 Å². The van der Waals surface area contributed by atoms with Gasteiger partial charge in [0.05, 0.1) is 0 Å². The summed E-state index contributed by atoms with van der Waals surface area (Å²) in [6.07, 6.45) is 5.67. The van der Waals surface area contributed by atoms with Crippen LogP contribution >= 0.6 is 11.6 Å². The number of aromatic nitrogens is 2. The third-order valence-electron chi connectivity index (χ3n) is 3.31. The van der Waals surface area contributed by atoms with Gasteiger partial charge in [-0.15, -0.1) is 0 Å². The van der Waals surface area contributed by atoms with Crippen molar-refractivity contribution in [1.82, 2.24) is 9.55 Å². The lowest BCUT2D eigenvalue weighted by Crippen LogP contribution is -2.17. The van der Waals surface area contributed by atoms with Crippen LogP contribution in [0.4, 0.5) is 0 Å². The minimum Gasteiger partial charge on any atom is -0.335 e. The summed E-state index contributed by atoms with van der Waals surface area (Å²) >= 11 is 6.05. The van der Waals surface area contributed by atoms with Crippen LogP contribution in [-0.4, -0.2) is 9.55 Å². The number of benzene rings is 1. The Morgan fingerprint density at radius 2 is 2.21 bits per heavy atom. The average Bonchev–Trinajstić information content (AvgIpc) is 2.80. The number of nitrogens with two attached hydrogens (primary N) is 1. The summed E-state index contributed by atoms with van der Waals surface area (Å²) in [5, 5.41) is 0.730. The number of hydrogen-bond acceptors (Lipinski definition) is 2. The smallest absolute Gasteiger partial charge is 0.110 e. The zero-order valence-corrected chi connectivity index (χ0v) is 12.2. The molecule has 0 spiro atoms. The number of hydrogen-bond donors (Lipinski definition) is 1. The summed E-state index contributed by atoms with van der Waals surface area (Å²) in [6, 6.07) is 5.78. The third kappa shape index (κ3) is 3.37. The van der Waals surface area contributed by atoms with E-state index in [1.54, 1.807) is 0 Å². The first kappa shape index (κ1) is 14.1. The van der Waals surface area contributed by atoms with Crippen molar-refractivity contribution in [1.29, 1.82) is 0 Å². The van der Waals surface area contributed by atoms with Crippen molar-refractivity contribution < 1.29 is 0 Å². The quantitative estimate of drug-likeness (QED) is 0.909. The molecule has 0 saturated carbocycles. The standard InChI is InChI=1S/C15H20ClN3/c1-3-7-19-8-6-18-15(19)10-14(17)13-9-12(16)5-4-11(13)2/h4-6,8-9,14H,3,7,10,17H2,1-2H3. The van der Waals surface area contributed by atoms with Crippen LogP contribution in [0.5, 0.6) is 0 Å². The Hall–Kier alpha value is -1.32. The van der Waals surface area contributed by atoms with Crippen molar-refractivity contribution in [3.63, 3.8) is 0 Å². The van der Waals surface area contributed by atoms with E-state index in [0.717, 1.165) is 35.8 Å². The molecule has 0 radical (unpaired) electrons. The zero-order chi connectivity index (χ0) is 13.8. The first-order chi connectivity index (χ1) is 9.11. The molecule has 1 aromatic carbocycles. The SMILES string of the molecule is CCCn1ccnc1CC(N)c1cc(Cl)ccc1C. The highest BCUT2D eigenvalue weighted by Crippen LogP contribution is 2.23. The monoisotopic (exact) mass is 277 g/mol. The molecule has 1 atom stereocenters. The minimum absolute atomic E-state index is 0.0725. The highest BCUT2D eigenvalue weighted by atomic mass is 35.5.